The first kappa shape index (κ1) is 21.6. The van der Waals surface area contributed by atoms with Gasteiger partial charge in [0.1, 0.15) is 18.8 Å². The Morgan fingerprint density at radius 3 is 2.17 bits per heavy atom. The number of hydrogen-bond donors (Lipinski definition) is 0. The predicted molar refractivity (Wildman–Crippen MR) is 119 cm³/mol. The van der Waals surface area contributed by atoms with E-state index in [4.69, 9.17) is 4.74 Å². The van der Waals surface area contributed by atoms with E-state index in [0.29, 0.717) is 25.4 Å². The third kappa shape index (κ3) is 5.93. The van der Waals surface area contributed by atoms with Crippen LogP contribution in [0.5, 0.6) is 5.75 Å². The van der Waals surface area contributed by atoms with E-state index < -0.39 is 0 Å². The van der Waals surface area contributed by atoms with Crippen molar-refractivity contribution >= 4 is 5.78 Å². The van der Waals surface area contributed by atoms with Crippen molar-refractivity contribution in [2.75, 3.05) is 26.2 Å². The van der Waals surface area contributed by atoms with E-state index in [1.165, 1.54) is 36.8 Å². The molecule has 0 amide bonds. The summed E-state index contributed by atoms with van der Waals surface area (Å²) >= 11 is 0. The molecule has 3 heteroatoms. The second kappa shape index (κ2) is 10.1. The SMILES string of the molecule is CCOc1cc(C)c(CC(=O)C[N+]2(Cc3ccccc3)CCCCCC2)c(C)c1. The number of quaternary nitrogens is 1. The Hall–Kier alpha value is -2.13. The number of carbonyl (C=O) groups is 1. The largest absolute Gasteiger partial charge is 0.494 e. The summed E-state index contributed by atoms with van der Waals surface area (Å²) in [6.45, 7) is 10.7. The van der Waals surface area contributed by atoms with E-state index in [1.807, 2.05) is 6.92 Å². The Morgan fingerprint density at radius 2 is 1.59 bits per heavy atom. The fraction of sp³-hybridized carbons (Fsp3) is 0.500. The minimum Gasteiger partial charge on any atom is -0.494 e. The zero-order valence-corrected chi connectivity index (χ0v) is 18.4. The lowest BCUT2D eigenvalue weighted by molar-refractivity contribution is -0.932. The number of carbonyl (C=O) groups excluding carboxylic acids is 1. The molecule has 1 heterocycles. The summed E-state index contributed by atoms with van der Waals surface area (Å²) in [6, 6.07) is 14.8. The van der Waals surface area contributed by atoms with Crippen molar-refractivity contribution in [3.05, 3.63) is 64.7 Å². The second-order valence-corrected chi connectivity index (χ2v) is 8.69. The number of hydrogen-bond acceptors (Lipinski definition) is 2. The minimum absolute atomic E-state index is 0.359. The molecule has 1 aliphatic rings. The highest BCUT2D eigenvalue weighted by Crippen LogP contribution is 2.25. The smallest absolute Gasteiger partial charge is 0.191 e. The molecule has 3 nitrogen and oxygen atoms in total. The molecule has 0 unspecified atom stereocenters. The number of Topliss-reactive ketones (excluding diaryl/α,β-unsaturated/α-hetero) is 1. The molecule has 0 aromatic heterocycles. The van der Waals surface area contributed by atoms with Crippen molar-refractivity contribution in [1.82, 2.24) is 0 Å². The molecular formula is C26H36NO2+. The maximum absolute atomic E-state index is 13.3. The van der Waals surface area contributed by atoms with Crippen molar-refractivity contribution in [3.63, 3.8) is 0 Å². The molecule has 0 radical (unpaired) electrons. The highest BCUT2D eigenvalue weighted by atomic mass is 16.5. The zero-order valence-electron chi connectivity index (χ0n) is 18.4. The lowest BCUT2D eigenvalue weighted by Crippen LogP contribution is -2.51. The average Bonchev–Trinajstić information content (AvgIpc) is 2.91. The predicted octanol–water partition coefficient (Wildman–Crippen LogP) is 5.40. The normalized spacial score (nSPS) is 16.2. The number of likely N-dealkylation sites (tertiary alicyclic amines) is 1. The van der Waals surface area contributed by atoms with Crippen LogP contribution < -0.4 is 4.74 Å². The summed E-state index contributed by atoms with van der Waals surface area (Å²) in [6.07, 6.45) is 5.56. The van der Waals surface area contributed by atoms with Crippen molar-refractivity contribution in [2.45, 2.75) is 59.4 Å². The average molecular weight is 395 g/mol. The van der Waals surface area contributed by atoms with Crippen molar-refractivity contribution in [1.29, 1.82) is 0 Å². The first-order valence-corrected chi connectivity index (χ1v) is 11.1. The van der Waals surface area contributed by atoms with E-state index in [9.17, 15) is 4.79 Å². The van der Waals surface area contributed by atoms with E-state index in [2.05, 4.69) is 56.3 Å². The third-order valence-corrected chi connectivity index (χ3v) is 6.24. The van der Waals surface area contributed by atoms with Gasteiger partial charge in [-0.25, -0.2) is 0 Å². The van der Waals surface area contributed by atoms with Crippen LogP contribution in [-0.2, 0) is 17.8 Å². The number of rotatable bonds is 8. The van der Waals surface area contributed by atoms with Gasteiger partial charge >= 0.3 is 0 Å². The number of ether oxygens (including phenoxy) is 1. The molecule has 29 heavy (non-hydrogen) atoms. The zero-order chi connectivity index (χ0) is 20.7. The van der Waals surface area contributed by atoms with Gasteiger partial charge in [0.05, 0.1) is 19.7 Å². The molecule has 2 aromatic rings. The van der Waals surface area contributed by atoms with Crippen LogP contribution in [0.4, 0.5) is 0 Å². The van der Waals surface area contributed by atoms with Crippen molar-refractivity contribution < 1.29 is 14.0 Å². The highest BCUT2D eigenvalue weighted by Gasteiger charge is 2.32. The Kier molecular flexibility index (Phi) is 7.49. The van der Waals surface area contributed by atoms with Crippen molar-refractivity contribution in [3.8, 4) is 5.75 Å². The van der Waals surface area contributed by atoms with Gasteiger partial charge in [-0.2, -0.15) is 0 Å². The molecule has 3 rings (SSSR count). The number of aryl methyl sites for hydroxylation is 2. The molecule has 0 N–H and O–H groups in total. The molecule has 1 aliphatic heterocycles. The van der Waals surface area contributed by atoms with Gasteiger partial charge in [0.15, 0.2) is 5.78 Å². The van der Waals surface area contributed by atoms with Crippen LogP contribution in [0, 0.1) is 13.8 Å². The molecule has 1 saturated heterocycles. The third-order valence-electron chi connectivity index (χ3n) is 6.24. The fourth-order valence-corrected chi connectivity index (χ4v) is 4.81. The van der Waals surface area contributed by atoms with Gasteiger partial charge < -0.3 is 9.22 Å². The molecule has 2 aromatic carbocycles. The van der Waals surface area contributed by atoms with Gasteiger partial charge in [-0.15, -0.1) is 0 Å². The molecule has 0 saturated carbocycles. The molecule has 156 valence electrons. The van der Waals surface area contributed by atoms with Crippen molar-refractivity contribution in [2.24, 2.45) is 0 Å². The number of ketones is 1. The molecular weight excluding hydrogens is 358 g/mol. The van der Waals surface area contributed by atoms with Gasteiger partial charge in [0.25, 0.3) is 0 Å². The summed E-state index contributed by atoms with van der Waals surface area (Å²) in [5.74, 6) is 1.26. The van der Waals surface area contributed by atoms with Crippen LogP contribution in [0.2, 0.25) is 0 Å². The number of benzene rings is 2. The second-order valence-electron chi connectivity index (χ2n) is 8.69. The lowest BCUT2D eigenvalue weighted by atomic mass is 9.97. The van der Waals surface area contributed by atoms with Gasteiger partial charge in [0, 0.05) is 12.0 Å². The van der Waals surface area contributed by atoms with Crippen LogP contribution in [0.15, 0.2) is 42.5 Å². The van der Waals surface area contributed by atoms with Crippen LogP contribution >= 0.6 is 0 Å². The van der Waals surface area contributed by atoms with E-state index >= 15 is 0 Å². The standard InChI is InChI=1S/C26H36NO2/c1-4-29-25-16-21(2)26(22(3)17-25)18-24(28)20-27(14-10-5-6-11-15-27)19-23-12-8-7-9-13-23/h7-9,12-13,16-17H,4-6,10-11,14-15,18-20H2,1-3H3/q+1. The molecule has 1 fully saturated rings. The number of nitrogens with zero attached hydrogens (tertiary/aromatic N) is 1. The summed E-state index contributed by atoms with van der Waals surface area (Å²) in [4.78, 5) is 13.3. The maximum atomic E-state index is 13.3. The molecule has 0 bridgehead atoms. The van der Waals surface area contributed by atoms with Crippen LogP contribution in [-0.4, -0.2) is 36.5 Å². The van der Waals surface area contributed by atoms with Crippen LogP contribution in [0.3, 0.4) is 0 Å². The Bertz CT molecular complexity index is 782. The molecule has 0 atom stereocenters. The molecule has 0 spiro atoms. The van der Waals surface area contributed by atoms with Gasteiger partial charge in [-0.3, -0.25) is 4.79 Å². The Labute approximate surface area is 176 Å². The summed E-state index contributed by atoms with van der Waals surface area (Å²) in [5, 5.41) is 0. The van der Waals surface area contributed by atoms with Gasteiger partial charge in [-0.1, -0.05) is 30.3 Å². The Morgan fingerprint density at radius 1 is 0.966 bits per heavy atom. The summed E-state index contributed by atoms with van der Waals surface area (Å²) in [5.41, 5.74) is 4.83. The summed E-state index contributed by atoms with van der Waals surface area (Å²) in [7, 11) is 0. The monoisotopic (exact) mass is 394 g/mol. The van der Waals surface area contributed by atoms with Gasteiger partial charge in [0.2, 0.25) is 0 Å². The topological polar surface area (TPSA) is 26.3 Å². The molecule has 0 aliphatic carbocycles. The van der Waals surface area contributed by atoms with Gasteiger partial charge in [-0.05, 0) is 75.3 Å². The van der Waals surface area contributed by atoms with Crippen LogP contribution in [0.1, 0.15) is 54.9 Å². The first-order chi connectivity index (χ1) is 14.0. The quantitative estimate of drug-likeness (QED) is 0.560. The van der Waals surface area contributed by atoms with E-state index in [-0.39, 0.29) is 0 Å². The summed E-state index contributed by atoms with van der Waals surface area (Å²) < 4.78 is 6.57. The Balaban J connectivity index is 1.76. The fourth-order valence-electron chi connectivity index (χ4n) is 4.81. The van der Waals surface area contributed by atoms with E-state index in [0.717, 1.165) is 41.0 Å². The maximum Gasteiger partial charge on any atom is 0.191 e. The highest BCUT2D eigenvalue weighted by molar-refractivity contribution is 5.82. The first-order valence-electron chi connectivity index (χ1n) is 11.1. The van der Waals surface area contributed by atoms with E-state index in [1.54, 1.807) is 0 Å². The van der Waals surface area contributed by atoms with Crippen LogP contribution in [0.25, 0.3) is 0 Å². The minimum atomic E-state index is 0.359. The lowest BCUT2D eigenvalue weighted by Gasteiger charge is -2.37.